The van der Waals surface area contributed by atoms with Gasteiger partial charge in [0, 0.05) is 30.7 Å². The van der Waals surface area contributed by atoms with Crippen LogP contribution in [0.2, 0.25) is 0 Å². The summed E-state index contributed by atoms with van der Waals surface area (Å²) in [6, 6.07) is 0. The van der Waals surface area contributed by atoms with Crippen molar-refractivity contribution in [3.05, 3.63) is 41.7 Å². The van der Waals surface area contributed by atoms with Crippen LogP contribution in [0.15, 0.2) is 24.9 Å². The summed E-state index contributed by atoms with van der Waals surface area (Å²) in [4.78, 5) is 4.19. The SMILES string of the molecule is CCn1cncc1Cn1cc2c(c1)C(O)CCC2. The lowest BCUT2D eigenvalue weighted by Crippen LogP contribution is -2.06. The molecule has 2 heterocycles. The summed E-state index contributed by atoms with van der Waals surface area (Å²) in [5.41, 5.74) is 3.62. The molecule has 1 N–H and O–H groups in total. The van der Waals surface area contributed by atoms with Crippen molar-refractivity contribution in [2.45, 2.75) is 45.4 Å². The van der Waals surface area contributed by atoms with Gasteiger partial charge in [-0.3, -0.25) is 0 Å². The maximum absolute atomic E-state index is 9.97. The number of nitrogens with zero attached hydrogens (tertiary/aromatic N) is 3. The van der Waals surface area contributed by atoms with Crippen LogP contribution in [0, 0.1) is 0 Å². The molecule has 96 valence electrons. The first kappa shape index (κ1) is 11.5. The standard InChI is InChI=1S/C14H19N3O/c1-2-17-10-15-6-12(17)8-16-7-11-4-3-5-14(18)13(11)9-16/h6-7,9-10,14,18H,2-5,8H2,1H3. The van der Waals surface area contributed by atoms with E-state index < -0.39 is 0 Å². The highest BCUT2D eigenvalue weighted by Gasteiger charge is 2.19. The van der Waals surface area contributed by atoms with Crippen LogP contribution in [-0.2, 0) is 19.5 Å². The van der Waals surface area contributed by atoms with Gasteiger partial charge in [0.05, 0.1) is 24.7 Å². The Labute approximate surface area is 107 Å². The minimum absolute atomic E-state index is 0.272. The number of aromatic nitrogens is 3. The third-order valence-electron chi connectivity index (χ3n) is 3.76. The molecule has 18 heavy (non-hydrogen) atoms. The summed E-state index contributed by atoms with van der Waals surface area (Å²) in [5.74, 6) is 0. The van der Waals surface area contributed by atoms with E-state index in [4.69, 9.17) is 0 Å². The Hall–Kier alpha value is -1.55. The highest BCUT2D eigenvalue weighted by Crippen LogP contribution is 2.30. The molecule has 0 saturated carbocycles. The molecule has 4 nitrogen and oxygen atoms in total. The third-order valence-corrected chi connectivity index (χ3v) is 3.76. The van der Waals surface area contributed by atoms with E-state index in [-0.39, 0.29) is 6.10 Å². The molecule has 0 radical (unpaired) electrons. The molecule has 1 atom stereocenters. The second-order valence-electron chi connectivity index (χ2n) is 4.99. The summed E-state index contributed by atoms with van der Waals surface area (Å²) >= 11 is 0. The third kappa shape index (κ3) is 1.97. The fraction of sp³-hybridized carbons (Fsp3) is 0.500. The molecule has 1 aliphatic carbocycles. The van der Waals surface area contributed by atoms with Crippen LogP contribution in [0.4, 0.5) is 0 Å². The summed E-state index contributed by atoms with van der Waals surface area (Å²) in [6.07, 6.45) is 10.8. The second kappa shape index (κ2) is 4.61. The van der Waals surface area contributed by atoms with Crippen molar-refractivity contribution in [3.63, 3.8) is 0 Å². The van der Waals surface area contributed by atoms with E-state index in [1.165, 1.54) is 11.3 Å². The molecule has 0 saturated heterocycles. The van der Waals surface area contributed by atoms with Crippen molar-refractivity contribution < 1.29 is 5.11 Å². The summed E-state index contributed by atoms with van der Waals surface area (Å²) in [5, 5.41) is 9.97. The van der Waals surface area contributed by atoms with Gasteiger partial charge in [0.15, 0.2) is 0 Å². The Morgan fingerprint density at radius 2 is 2.33 bits per heavy atom. The lowest BCUT2D eigenvalue weighted by molar-refractivity contribution is 0.157. The quantitative estimate of drug-likeness (QED) is 0.900. The lowest BCUT2D eigenvalue weighted by Gasteiger charge is -2.16. The molecule has 3 rings (SSSR count). The zero-order valence-corrected chi connectivity index (χ0v) is 10.7. The lowest BCUT2D eigenvalue weighted by atomic mass is 9.93. The maximum Gasteiger partial charge on any atom is 0.0948 e. The van der Waals surface area contributed by atoms with Crippen LogP contribution in [0.1, 0.15) is 42.7 Å². The van der Waals surface area contributed by atoms with Crippen molar-refractivity contribution in [2.24, 2.45) is 0 Å². The number of hydrogen-bond acceptors (Lipinski definition) is 2. The number of aliphatic hydroxyl groups is 1. The largest absolute Gasteiger partial charge is 0.388 e. The van der Waals surface area contributed by atoms with Crippen LogP contribution in [0.3, 0.4) is 0 Å². The van der Waals surface area contributed by atoms with Gasteiger partial charge in [-0.25, -0.2) is 4.98 Å². The predicted octanol–water partition coefficient (Wildman–Crippen LogP) is 2.12. The molecular weight excluding hydrogens is 226 g/mol. The highest BCUT2D eigenvalue weighted by molar-refractivity contribution is 5.29. The fourth-order valence-electron chi connectivity index (χ4n) is 2.77. The van der Waals surface area contributed by atoms with Crippen LogP contribution < -0.4 is 0 Å². The average Bonchev–Trinajstić information content (AvgIpc) is 2.96. The van der Waals surface area contributed by atoms with Gasteiger partial charge in [-0.15, -0.1) is 0 Å². The number of aliphatic hydroxyl groups excluding tert-OH is 1. The Kier molecular flexibility index (Phi) is 2.96. The van der Waals surface area contributed by atoms with Crippen molar-refractivity contribution >= 4 is 0 Å². The van der Waals surface area contributed by atoms with Gasteiger partial charge < -0.3 is 14.2 Å². The van der Waals surface area contributed by atoms with Gasteiger partial charge in [0.25, 0.3) is 0 Å². The van der Waals surface area contributed by atoms with E-state index in [2.05, 4.69) is 33.4 Å². The van der Waals surface area contributed by atoms with E-state index in [0.717, 1.165) is 37.9 Å². The van der Waals surface area contributed by atoms with Gasteiger partial charge in [-0.2, -0.15) is 0 Å². The molecule has 0 spiro atoms. The summed E-state index contributed by atoms with van der Waals surface area (Å²) < 4.78 is 4.32. The monoisotopic (exact) mass is 245 g/mol. The Bertz CT molecular complexity index is 541. The molecule has 0 amide bonds. The topological polar surface area (TPSA) is 43.0 Å². The van der Waals surface area contributed by atoms with Crippen LogP contribution in [0.5, 0.6) is 0 Å². The highest BCUT2D eigenvalue weighted by atomic mass is 16.3. The second-order valence-corrected chi connectivity index (χ2v) is 4.99. The van der Waals surface area contributed by atoms with E-state index in [0.29, 0.717) is 0 Å². The van der Waals surface area contributed by atoms with E-state index in [1.54, 1.807) is 0 Å². The molecule has 2 aromatic heterocycles. The zero-order chi connectivity index (χ0) is 12.5. The Morgan fingerprint density at radius 3 is 3.11 bits per heavy atom. The normalized spacial score (nSPS) is 18.9. The first-order chi connectivity index (χ1) is 8.78. The van der Waals surface area contributed by atoms with E-state index in [9.17, 15) is 5.11 Å². The van der Waals surface area contributed by atoms with Gasteiger partial charge in [0.1, 0.15) is 0 Å². The molecular formula is C14H19N3O. The average molecular weight is 245 g/mol. The molecule has 1 aliphatic rings. The number of hydrogen-bond donors (Lipinski definition) is 1. The van der Waals surface area contributed by atoms with Crippen molar-refractivity contribution in [2.75, 3.05) is 0 Å². The zero-order valence-electron chi connectivity index (χ0n) is 10.7. The first-order valence-corrected chi connectivity index (χ1v) is 6.63. The Morgan fingerprint density at radius 1 is 1.44 bits per heavy atom. The van der Waals surface area contributed by atoms with Crippen molar-refractivity contribution in [1.82, 2.24) is 14.1 Å². The molecule has 2 aromatic rings. The molecule has 0 aliphatic heterocycles. The molecule has 4 heteroatoms. The molecule has 0 aromatic carbocycles. The summed E-state index contributed by atoms with van der Waals surface area (Å²) in [6.45, 7) is 3.89. The molecule has 0 fully saturated rings. The van der Waals surface area contributed by atoms with Gasteiger partial charge >= 0.3 is 0 Å². The van der Waals surface area contributed by atoms with Crippen LogP contribution in [-0.4, -0.2) is 19.2 Å². The molecule has 1 unspecified atom stereocenters. The minimum Gasteiger partial charge on any atom is -0.388 e. The first-order valence-electron chi connectivity index (χ1n) is 6.63. The van der Waals surface area contributed by atoms with Gasteiger partial charge in [-0.1, -0.05) is 0 Å². The Balaban J connectivity index is 1.85. The minimum atomic E-state index is -0.272. The maximum atomic E-state index is 9.97. The van der Waals surface area contributed by atoms with Crippen LogP contribution >= 0.6 is 0 Å². The van der Waals surface area contributed by atoms with Crippen LogP contribution in [0.25, 0.3) is 0 Å². The smallest absolute Gasteiger partial charge is 0.0948 e. The van der Waals surface area contributed by atoms with Gasteiger partial charge in [0.2, 0.25) is 0 Å². The van der Waals surface area contributed by atoms with E-state index in [1.807, 2.05) is 12.5 Å². The number of imidazole rings is 1. The summed E-state index contributed by atoms with van der Waals surface area (Å²) in [7, 11) is 0. The van der Waals surface area contributed by atoms with Crippen molar-refractivity contribution in [1.29, 1.82) is 0 Å². The number of fused-ring (bicyclic) bond motifs is 1. The van der Waals surface area contributed by atoms with Gasteiger partial charge in [-0.05, 0) is 31.7 Å². The number of aryl methyl sites for hydroxylation is 2. The van der Waals surface area contributed by atoms with E-state index >= 15 is 0 Å². The fourth-order valence-corrected chi connectivity index (χ4v) is 2.77. The number of rotatable bonds is 3. The molecule has 0 bridgehead atoms. The predicted molar refractivity (Wildman–Crippen MR) is 69.3 cm³/mol. The van der Waals surface area contributed by atoms with Crippen molar-refractivity contribution in [3.8, 4) is 0 Å².